The normalized spacial score (nSPS) is 10.7. The Hall–Kier alpha value is -3.37. The number of hydrogen-bond acceptors (Lipinski definition) is 5. The molecule has 0 aliphatic rings. The first-order valence-electron chi connectivity index (χ1n) is 6.95. The van der Waals surface area contributed by atoms with Gasteiger partial charge in [-0.2, -0.15) is 5.26 Å². The predicted molar refractivity (Wildman–Crippen MR) is 93.3 cm³/mol. The van der Waals surface area contributed by atoms with Crippen LogP contribution in [-0.2, 0) is 4.79 Å². The van der Waals surface area contributed by atoms with Crippen LogP contribution in [0, 0.1) is 21.4 Å². The first-order valence-corrected chi connectivity index (χ1v) is 7.33. The zero-order valence-electron chi connectivity index (χ0n) is 13.0. The second-order valence-corrected chi connectivity index (χ2v) is 5.23. The van der Waals surface area contributed by atoms with Gasteiger partial charge < -0.3 is 10.1 Å². The van der Waals surface area contributed by atoms with Crippen LogP contribution >= 0.6 is 11.6 Å². The van der Waals surface area contributed by atoms with Gasteiger partial charge in [-0.3, -0.25) is 14.9 Å². The summed E-state index contributed by atoms with van der Waals surface area (Å²) in [5.74, 6) is -0.152. The lowest BCUT2D eigenvalue weighted by Crippen LogP contribution is -2.14. The zero-order valence-corrected chi connectivity index (χ0v) is 13.8. The molecule has 0 radical (unpaired) electrons. The van der Waals surface area contributed by atoms with Crippen molar-refractivity contribution in [3.05, 3.63) is 68.7 Å². The summed E-state index contributed by atoms with van der Waals surface area (Å²) in [5, 5.41) is 22.6. The number of carbonyl (C=O) groups is 1. The molecular formula is C17H12ClN3O4. The van der Waals surface area contributed by atoms with E-state index in [0.29, 0.717) is 11.3 Å². The van der Waals surface area contributed by atoms with E-state index < -0.39 is 10.8 Å². The number of amides is 1. The molecule has 0 saturated heterocycles. The molecule has 1 N–H and O–H groups in total. The monoisotopic (exact) mass is 357 g/mol. The summed E-state index contributed by atoms with van der Waals surface area (Å²) < 4.78 is 5.08. The molecule has 0 aliphatic heterocycles. The van der Waals surface area contributed by atoms with Crippen molar-refractivity contribution in [1.29, 1.82) is 5.26 Å². The van der Waals surface area contributed by atoms with Crippen molar-refractivity contribution >= 4 is 35.0 Å². The summed E-state index contributed by atoms with van der Waals surface area (Å²) in [5.41, 5.74) is 0.231. The van der Waals surface area contributed by atoms with Crippen molar-refractivity contribution in [1.82, 2.24) is 0 Å². The molecule has 8 heteroatoms. The van der Waals surface area contributed by atoms with Gasteiger partial charge in [0.15, 0.2) is 0 Å². The number of ether oxygens (including phenoxy) is 1. The van der Waals surface area contributed by atoms with Crippen LogP contribution in [0.2, 0.25) is 5.02 Å². The molecule has 2 rings (SSSR count). The Labute approximate surface area is 148 Å². The number of nitro groups is 1. The minimum atomic E-state index is -0.729. The van der Waals surface area contributed by atoms with E-state index in [0.717, 1.165) is 6.07 Å². The molecule has 0 fully saturated rings. The second-order valence-electron chi connectivity index (χ2n) is 4.82. The van der Waals surface area contributed by atoms with Gasteiger partial charge in [0.2, 0.25) is 0 Å². The minimum Gasteiger partial charge on any atom is -0.497 e. The number of nitriles is 1. The summed E-state index contributed by atoms with van der Waals surface area (Å²) in [6, 6.07) is 12.2. The Morgan fingerprint density at radius 2 is 2.12 bits per heavy atom. The molecular weight excluding hydrogens is 346 g/mol. The van der Waals surface area contributed by atoms with Gasteiger partial charge in [-0.1, -0.05) is 23.7 Å². The highest BCUT2D eigenvalue weighted by molar-refractivity contribution is 6.34. The largest absolute Gasteiger partial charge is 0.497 e. The number of benzene rings is 2. The van der Waals surface area contributed by atoms with Crippen molar-refractivity contribution in [2.24, 2.45) is 0 Å². The number of rotatable bonds is 5. The maximum absolute atomic E-state index is 12.3. The van der Waals surface area contributed by atoms with Gasteiger partial charge in [0, 0.05) is 12.1 Å². The number of nitro benzene ring substituents is 1. The van der Waals surface area contributed by atoms with Gasteiger partial charge in [0.25, 0.3) is 11.6 Å². The topological polar surface area (TPSA) is 105 Å². The van der Waals surface area contributed by atoms with Gasteiger partial charge in [0.1, 0.15) is 17.4 Å². The summed E-state index contributed by atoms with van der Waals surface area (Å²) in [6.07, 6.45) is 1.38. The van der Waals surface area contributed by atoms with Crippen LogP contribution in [0.25, 0.3) is 6.08 Å². The van der Waals surface area contributed by atoms with E-state index in [-0.39, 0.29) is 22.0 Å². The van der Waals surface area contributed by atoms with Crippen molar-refractivity contribution in [2.75, 3.05) is 12.4 Å². The Morgan fingerprint density at radius 3 is 2.76 bits per heavy atom. The van der Waals surface area contributed by atoms with Gasteiger partial charge >= 0.3 is 0 Å². The van der Waals surface area contributed by atoms with E-state index in [2.05, 4.69) is 5.32 Å². The smallest absolute Gasteiger partial charge is 0.271 e. The van der Waals surface area contributed by atoms with E-state index in [1.807, 2.05) is 0 Å². The fourth-order valence-corrected chi connectivity index (χ4v) is 2.12. The van der Waals surface area contributed by atoms with E-state index in [9.17, 15) is 20.2 Å². The van der Waals surface area contributed by atoms with Gasteiger partial charge in [-0.25, -0.2) is 0 Å². The summed E-state index contributed by atoms with van der Waals surface area (Å²) in [4.78, 5) is 22.5. The highest BCUT2D eigenvalue weighted by atomic mass is 35.5. The maximum atomic E-state index is 12.3. The number of nitrogens with zero attached hydrogens (tertiary/aromatic N) is 2. The summed E-state index contributed by atoms with van der Waals surface area (Å²) >= 11 is 5.94. The van der Waals surface area contributed by atoms with Crippen LogP contribution in [0.15, 0.2) is 48.0 Å². The molecule has 0 atom stereocenters. The lowest BCUT2D eigenvalue weighted by molar-refractivity contribution is -0.384. The lowest BCUT2D eigenvalue weighted by atomic mass is 10.1. The van der Waals surface area contributed by atoms with Crippen LogP contribution in [-0.4, -0.2) is 17.9 Å². The second kappa shape index (κ2) is 7.95. The molecule has 2 aromatic rings. The maximum Gasteiger partial charge on any atom is 0.271 e. The predicted octanol–water partition coefficient (Wildman–Crippen LogP) is 3.80. The molecule has 126 valence electrons. The Bertz CT molecular complexity index is 903. The number of halogens is 1. The molecule has 7 nitrogen and oxygen atoms in total. The molecule has 0 unspecified atom stereocenters. The van der Waals surface area contributed by atoms with E-state index in [4.69, 9.17) is 16.3 Å². The van der Waals surface area contributed by atoms with Gasteiger partial charge in [-0.15, -0.1) is 0 Å². The molecule has 0 bridgehead atoms. The first kappa shape index (κ1) is 18.0. The summed E-state index contributed by atoms with van der Waals surface area (Å²) in [6.45, 7) is 0. The van der Waals surface area contributed by atoms with Crippen LogP contribution in [0.4, 0.5) is 11.4 Å². The van der Waals surface area contributed by atoms with E-state index in [1.54, 1.807) is 30.3 Å². The standard InChI is InChI=1S/C17H12ClN3O4/c1-25-14-4-2-3-11(8-14)7-12(10-19)17(22)20-16-9-13(21(23)24)5-6-15(16)18/h2-9H,1H3,(H,20,22)/b12-7+. The third kappa shape index (κ3) is 4.56. The number of non-ortho nitro benzene ring substituents is 1. The number of hydrogen-bond donors (Lipinski definition) is 1. The van der Waals surface area contributed by atoms with Crippen molar-refractivity contribution in [3.8, 4) is 11.8 Å². The third-order valence-corrected chi connectivity index (χ3v) is 3.51. The number of anilines is 1. The van der Waals surface area contributed by atoms with E-state index in [1.165, 1.54) is 25.3 Å². The molecule has 1 amide bonds. The van der Waals surface area contributed by atoms with Crippen LogP contribution in [0.5, 0.6) is 5.75 Å². The van der Waals surface area contributed by atoms with Crippen LogP contribution in [0.1, 0.15) is 5.56 Å². The minimum absolute atomic E-state index is 0.0488. The Balaban J connectivity index is 2.29. The van der Waals surface area contributed by atoms with Crippen molar-refractivity contribution in [3.63, 3.8) is 0 Å². The van der Waals surface area contributed by atoms with Crippen molar-refractivity contribution in [2.45, 2.75) is 0 Å². The van der Waals surface area contributed by atoms with Crippen LogP contribution in [0.3, 0.4) is 0 Å². The Morgan fingerprint density at radius 1 is 1.36 bits per heavy atom. The third-order valence-electron chi connectivity index (χ3n) is 3.18. The van der Waals surface area contributed by atoms with Crippen molar-refractivity contribution < 1.29 is 14.5 Å². The van der Waals surface area contributed by atoms with Gasteiger partial charge in [0.05, 0.1) is 22.7 Å². The van der Waals surface area contributed by atoms with Gasteiger partial charge in [-0.05, 0) is 29.8 Å². The lowest BCUT2D eigenvalue weighted by Gasteiger charge is -2.07. The zero-order chi connectivity index (χ0) is 18.4. The molecule has 0 saturated carbocycles. The summed E-state index contributed by atoms with van der Waals surface area (Å²) in [7, 11) is 1.51. The van der Waals surface area contributed by atoms with E-state index >= 15 is 0 Å². The highest BCUT2D eigenvalue weighted by Gasteiger charge is 2.15. The first-order chi connectivity index (χ1) is 11.9. The SMILES string of the molecule is COc1cccc(/C=C(\C#N)C(=O)Nc2cc([N+](=O)[O-])ccc2Cl)c1. The number of methoxy groups -OCH3 is 1. The molecule has 2 aromatic carbocycles. The average molecular weight is 358 g/mol. The number of carbonyl (C=O) groups excluding carboxylic acids is 1. The molecule has 0 aliphatic carbocycles. The Kier molecular flexibility index (Phi) is 5.71. The molecule has 25 heavy (non-hydrogen) atoms. The highest BCUT2D eigenvalue weighted by Crippen LogP contribution is 2.27. The number of nitrogens with one attached hydrogen (secondary N) is 1. The average Bonchev–Trinajstić information content (AvgIpc) is 2.61. The fraction of sp³-hybridized carbons (Fsp3) is 0.0588. The molecule has 0 spiro atoms. The quantitative estimate of drug-likeness (QED) is 0.379. The fourth-order valence-electron chi connectivity index (χ4n) is 1.96. The molecule has 0 heterocycles. The molecule has 0 aromatic heterocycles. The van der Waals surface area contributed by atoms with Crippen LogP contribution < -0.4 is 10.1 Å².